The van der Waals surface area contributed by atoms with Crippen molar-refractivity contribution in [2.45, 2.75) is 19.9 Å². The van der Waals surface area contributed by atoms with Crippen LogP contribution in [0.4, 0.5) is 4.39 Å². The van der Waals surface area contributed by atoms with Crippen molar-refractivity contribution in [3.8, 4) is 11.3 Å². The fourth-order valence-electron chi connectivity index (χ4n) is 2.59. The lowest BCUT2D eigenvalue weighted by atomic mass is 10.1. The molecule has 1 atom stereocenters. The van der Waals surface area contributed by atoms with E-state index in [1.54, 1.807) is 24.3 Å². The third-order valence-corrected chi connectivity index (χ3v) is 5.06. The van der Waals surface area contributed by atoms with Crippen molar-refractivity contribution in [1.82, 2.24) is 15.2 Å². The highest BCUT2D eigenvalue weighted by Gasteiger charge is 2.20. The standard InChI is InChI=1S/C16H20FN3S/c1-11-3-4-13(9-14(11)17)15-10-21-16(19-15)12(2)20-7-5-18-6-8-20/h3-4,9-10,12,18H,5-8H2,1-2H3. The number of rotatable bonds is 3. The van der Waals surface area contributed by atoms with Gasteiger partial charge in [0.15, 0.2) is 0 Å². The van der Waals surface area contributed by atoms with E-state index in [4.69, 9.17) is 4.98 Å². The van der Waals surface area contributed by atoms with Crippen LogP contribution in [0.5, 0.6) is 0 Å². The van der Waals surface area contributed by atoms with Gasteiger partial charge in [-0.15, -0.1) is 11.3 Å². The van der Waals surface area contributed by atoms with Gasteiger partial charge in [0, 0.05) is 37.1 Å². The molecule has 1 aliphatic heterocycles. The van der Waals surface area contributed by atoms with Gasteiger partial charge in [0.1, 0.15) is 10.8 Å². The van der Waals surface area contributed by atoms with Crippen molar-refractivity contribution < 1.29 is 4.39 Å². The van der Waals surface area contributed by atoms with Crippen LogP contribution in [-0.2, 0) is 0 Å². The summed E-state index contributed by atoms with van der Waals surface area (Å²) in [5.41, 5.74) is 2.40. The fraction of sp³-hybridized carbons (Fsp3) is 0.438. The molecule has 0 spiro atoms. The zero-order chi connectivity index (χ0) is 14.8. The van der Waals surface area contributed by atoms with Gasteiger partial charge in [-0.25, -0.2) is 9.37 Å². The van der Waals surface area contributed by atoms with Crippen molar-refractivity contribution in [3.63, 3.8) is 0 Å². The molecule has 112 valence electrons. The molecule has 3 nitrogen and oxygen atoms in total. The van der Waals surface area contributed by atoms with Crippen LogP contribution in [0.1, 0.15) is 23.5 Å². The maximum atomic E-state index is 13.7. The van der Waals surface area contributed by atoms with Gasteiger partial charge in [-0.1, -0.05) is 12.1 Å². The lowest BCUT2D eigenvalue weighted by Gasteiger charge is -2.31. The zero-order valence-corrected chi connectivity index (χ0v) is 13.2. The molecule has 1 saturated heterocycles. The van der Waals surface area contributed by atoms with Gasteiger partial charge in [0.2, 0.25) is 0 Å². The second-order valence-electron chi connectivity index (χ2n) is 5.50. The van der Waals surface area contributed by atoms with Gasteiger partial charge < -0.3 is 5.32 Å². The molecule has 1 aliphatic rings. The first-order chi connectivity index (χ1) is 10.1. The molecule has 0 aliphatic carbocycles. The number of benzene rings is 1. The number of aryl methyl sites for hydroxylation is 1. The van der Waals surface area contributed by atoms with E-state index in [9.17, 15) is 4.39 Å². The summed E-state index contributed by atoms with van der Waals surface area (Å²) in [5, 5.41) is 6.49. The van der Waals surface area contributed by atoms with Gasteiger partial charge in [0.25, 0.3) is 0 Å². The average Bonchev–Trinajstić information content (AvgIpc) is 3.00. The van der Waals surface area contributed by atoms with Gasteiger partial charge >= 0.3 is 0 Å². The minimum Gasteiger partial charge on any atom is -0.314 e. The van der Waals surface area contributed by atoms with Gasteiger partial charge in [-0.3, -0.25) is 4.90 Å². The number of hydrogen-bond donors (Lipinski definition) is 1. The Hall–Kier alpha value is -1.30. The third kappa shape index (κ3) is 3.15. The van der Waals surface area contributed by atoms with E-state index in [0.29, 0.717) is 11.6 Å². The largest absolute Gasteiger partial charge is 0.314 e. The number of aromatic nitrogens is 1. The Labute approximate surface area is 128 Å². The molecule has 3 rings (SSSR count). The zero-order valence-electron chi connectivity index (χ0n) is 12.4. The Morgan fingerprint density at radius 1 is 1.33 bits per heavy atom. The van der Waals surface area contributed by atoms with E-state index in [2.05, 4.69) is 17.1 Å². The molecule has 2 heterocycles. The average molecular weight is 305 g/mol. The van der Waals surface area contributed by atoms with Crippen molar-refractivity contribution in [1.29, 1.82) is 0 Å². The van der Waals surface area contributed by atoms with Crippen molar-refractivity contribution in [3.05, 3.63) is 40.0 Å². The van der Waals surface area contributed by atoms with Crippen LogP contribution in [0.15, 0.2) is 23.6 Å². The number of piperazine rings is 1. The molecule has 0 amide bonds. The molecule has 0 radical (unpaired) electrons. The molecule has 1 unspecified atom stereocenters. The van der Waals surface area contributed by atoms with E-state index in [-0.39, 0.29) is 5.82 Å². The number of halogens is 1. The van der Waals surface area contributed by atoms with E-state index in [0.717, 1.165) is 42.4 Å². The minimum atomic E-state index is -0.169. The van der Waals surface area contributed by atoms with Gasteiger partial charge in [0.05, 0.1) is 11.7 Å². The van der Waals surface area contributed by atoms with E-state index < -0.39 is 0 Å². The summed E-state index contributed by atoms with van der Waals surface area (Å²) >= 11 is 1.66. The smallest absolute Gasteiger partial charge is 0.126 e. The first-order valence-corrected chi connectivity index (χ1v) is 8.20. The molecule has 21 heavy (non-hydrogen) atoms. The third-order valence-electron chi connectivity index (χ3n) is 4.05. The molecule has 1 aromatic carbocycles. The maximum absolute atomic E-state index is 13.7. The minimum absolute atomic E-state index is 0.169. The maximum Gasteiger partial charge on any atom is 0.126 e. The molecular weight excluding hydrogens is 285 g/mol. The number of thiazole rings is 1. The Morgan fingerprint density at radius 2 is 2.10 bits per heavy atom. The normalized spacial score (nSPS) is 17.9. The summed E-state index contributed by atoms with van der Waals surface area (Å²) in [7, 11) is 0. The monoisotopic (exact) mass is 305 g/mol. The van der Waals surface area contributed by atoms with Crippen LogP contribution in [-0.4, -0.2) is 36.1 Å². The number of nitrogens with one attached hydrogen (secondary N) is 1. The Morgan fingerprint density at radius 3 is 2.81 bits per heavy atom. The van der Waals surface area contributed by atoms with Crippen LogP contribution in [0.2, 0.25) is 0 Å². The highest BCUT2D eigenvalue weighted by atomic mass is 32.1. The molecule has 1 fully saturated rings. The summed E-state index contributed by atoms with van der Waals surface area (Å²) in [4.78, 5) is 7.16. The van der Waals surface area contributed by atoms with E-state index >= 15 is 0 Å². The van der Waals surface area contributed by atoms with E-state index in [1.165, 1.54) is 0 Å². The summed E-state index contributed by atoms with van der Waals surface area (Å²) < 4.78 is 13.7. The molecule has 2 aromatic rings. The lowest BCUT2D eigenvalue weighted by molar-refractivity contribution is 0.185. The Kier molecular flexibility index (Phi) is 4.33. The molecule has 0 bridgehead atoms. The van der Waals surface area contributed by atoms with Gasteiger partial charge in [-0.2, -0.15) is 0 Å². The Balaban J connectivity index is 1.80. The predicted molar refractivity (Wildman–Crippen MR) is 85.1 cm³/mol. The molecule has 0 saturated carbocycles. The number of hydrogen-bond acceptors (Lipinski definition) is 4. The quantitative estimate of drug-likeness (QED) is 0.943. The fourth-order valence-corrected chi connectivity index (χ4v) is 3.51. The SMILES string of the molecule is Cc1ccc(-c2csc(C(C)N3CCNCC3)n2)cc1F. The van der Waals surface area contributed by atoms with Crippen LogP contribution in [0, 0.1) is 12.7 Å². The van der Waals surface area contributed by atoms with Crippen molar-refractivity contribution in [2.24, 2.45) is 0 Å². The predicted octanol–water partition coefficient (Wildman–Crippen LogP) is 3.22. The van der Waals surface area contributed by atoms with Crippen molar-refractivity contribution in [2.75, 3.05) is 26.2 Å². The second-order valence-corrected chi connectivity index (χ2v) is 6.39. The summed E-state index contributed by atoms with van der Waals surface area (Å²) in [6.45, 7) is 8.14. The summed E-state index contributed by atoms with van der Waals surface area (Å²) in [6.07, 6.45) is 0. The summed E-state index contributed by atoms with van der Waals surface area (Å²) in [5.74, 6) is -0.169. The van der Waals surface area contributed by atoms with E-state index in [1.807, 2.05) is 17.5 Å². The molecular formula is C16H20FN3S. The van der Waals surface area contributed by atoms with Crippen LogP contribution in [0.3, 0.4) is 0 Å². The number of nitrogens with zero attached hydrogens (tertiary/aromatic N) is 2. The molecule has 1 N–H and O–H groups in total. The van der Waals surface area contributed by atoms with Crippen molar-refractivity contribution >= 4 is 11.3 Å². The lowest BCUT2D eigenvalue weighted by Crippen LogP contribution is -2.44. The molecule has 5 heteroatoms. The van der Waals surface area contributed by atoms with Crippen LogP contribution >= 0.6 is 11.3 Å². The van der Waals surface area contributed by atoms with Crippen LogP contribution < -0.4 is 5.32 Å². The first kappa shape index (κ1) is 14.6. The van der Waals surface area contributed by atoms with Crippen LogP contribution in [0.25, 0.3) is 11.3 Å². The second kappa shape index (κ2) is 6.22. The highest BCUT2D eigenvalue weighted by molar-refractivity contribution is 7.10. The van der Waals surface area contributed by atoms with Gasteiger partial charge in [-0.05, 0) is 25.5 Å². The topological polar surface area (TPSA) is 28.2 Å². The first-order valence-electron chi connectivity index (χ1n) is 7.32. The highest BCUT2D eigenvalue weighted by Crippen LogP contribution is 2.29. The summed E-state index contributed by atoms with van der Waals surface area (Å²) in [6, 6.07) is 5.64. The Bertz CT molecular complexity index is 620. The molecule has 1 aromatic heterocycles.